The second-order valence-electron chi connectivity index (χ2n) is 4.48. The van der Waals surface area contributed by atoms with Crippen LogP contribution in [0.3, 0.4) is 0 Å². The van der Waals surface area contributed by atoms with Crippen molar-refractivity contribution in [2.45, 2.75) is 19.4 Å². The highest BCUT2D eigenvalue weighted by Crippen LogP contribution is 2.18. The van der Waals surface area contributed by atoms with Gasteiger partial charge >= 0.3 is 0 Å². The summed E-state index contributed by atoms with van der Waals surface area (Å²) >= 11 is 1.56. The first-order chi connectivity index (χ1) is 9.16. The number of aliphatic hydroxyl groups is 1. The normalized spacial score (nSPS) is 12.1. The van der Waals surface area contributed by atoms with Gasteiger partial charge in [0.1, 0.15) is 0 Å². The molecule has 100 valence electrons. The highest BCUT2D eigenvalue weighted by Gasteiger charge is 2.09. The quantitative estimate of drug-likeness (QED) is 0.881. The van der Waals surface area contributed by atoms with Crippen LogP contribution in [0.15, 0.2) is 41.1 Å². The lowest BCUT2D eigenvalue weighted by Gasteiger charge is -2.10. The lowest BCUT2D eigenvalue weighted by molar-refractivity contribution is 0.0942. The van der Waals surface area contributed by atoms with Crippen molar-refractivity contribution in [2.75, 3.05) is 6.54 Å². The number of amides is 1. The van der Waals surface area contributed by atoms with Crippen LogP contribution in [-0.4, -0.2) is 17.6 Å². The first-order valence-corrected chi connectivity index (χ1v) is 7.16. The number of nitrogens with one attached hydrogen (secondary N) is 1. The molecule has 1 heterocycles. The van der Waals surface area contributed by atoms with Crippen molar-refractivity contribution < 1.29 is 9.90 Å². The summed E-state index contributed by atoms with van der Waals surface area (Å²) in [5.74, 6) is -0.0995. The van der Waals surface area contributed by atoms with Crippen LogP contribution in [0.2, 0.25) is 0 Å². The van der Waals surface area contributed by atoms with Gasteiger partial charge in [-0.3, -0.25) is 4.79 Å². The summed E-state index contributed by atoms with van der Waals surface area (Å²) in [5.41, 5.74) is 2.69. The molecule has 0 aliphatic heterocycles. The van der Waals surface area contributed by atoms with E-state index >= 15 is 0 Å². The second-order valence-corrected chi connectivity index (χ2v) is 5.26. The summed E-state index contributed by atoms with van der Waals surface area (Å²) in [5, 5.41) is 16.6. The molecule has 2 rings (SSSR count). The molecule has 0 saturated carbocycles. The Morgan fingerprint density at radius 3 is 2.68 bits per heavy atom. The monoisotopic (exact) mass is 275 g/mol. The smallest absolute Gasteiger partial charge is 0.251 e. The Kier molecular flexibility index (Phi) is 4.71. The van der Waals surface area contributed by atoms with Crippen LogP contribution in [0, 0.1) is 6.92 Å². The van der Waals surface area contributed by atoms with E-state index in [2.05, 4.69) is 5.32 Å². The molecular weight excluding hydrogens is 258 g/mol. The zero-order valence-electron chi connectivity index (χ0n) is 10.8. The van der Waals surface area contributed by atoms with Crippen LogP contribution >= 0.6 is 11.3 Å². The van der Waals surface area contributed by atoms with Gasteiger partial charge < -0.3 is 10.4 Å². The number of carbonyl (C=O) groups excluding carboxylic acids is 1. The first-order valence-electron chi connectivity index (χ1n) is 6.22. The maximum atomic E-state index is 11.8. The van der Waals surface area contributed by atoms with Crippen LogP contribution < -0.4 is 5.32 Å². The Morgan fingerprint density at radius 2 is 2.05 bits per heavy atom. The summed E-state index contributed by atoms with van der Waals surface area (Å²) in [7, 11) is 0. The zero-order valence-corrected chi connectivity index (χ0v) is 11.6. The van der Waals surface area contributed by atoms with Gasteiger partial charge in [0.25, 0.3) is 5.91 Å². The van der Waals surface area contributed by atoms with E-state index in [9.17, 15) is 9.90 Å². The van der Waals surface area contributed by atoms with Crippen molar-refractivity contribution in [3.8, 4) is 0 Å². The Balaban J connectivity index is 1.79. The van der Waals surface area contributed by atoms with E-state index in [-0.39, 0.29) is 5.91 Å². The number of thiophene rings is 1. The number of aryl methyl sites for hydroxylation is 1. The molecule has 2 N–H and O–H groups in total. The summed E-state index contributed by atoms with van der Waals surface area (Å²) in [4.78, 5) is 11.8. The predicted molar refractivity (Wildman–Crippen MR) is 77.4 cm³/mol. The van der Waals surface area contributed by atoms with E-state index in [1.54, 1.807) is 23.5 Å². The standard InChI is InChI=1S/C15H17NO2S/c1-11-2-4-12(5-3-11)15(18)16-8-6-14(17)13-7-9-19-10-13/h2-5,7,9-10,14,17H,6,8H2,1H3,(H,16,18). The molecular formula is C15H17NO2S. The highest BCUT2D eigenvalue weighted by molar-refractivity contribution is 7.07. The third-order valence-electron chi connectivity index (χ3n) is 2.95. The molecule has 1 atom stereocenters. The Labute approximate surface area is 116 Å². The van der Waals surface area contributed by atoms with Crippen molar-refractivity contribution in [2.24, 2.45) is 0 Å². The van der Waals surface area contributed by atoms with Crippen LogP contribution in [0.5, 0.6) is 0 Å². The van der Waals surface area contributed by atoms with Crippen molar-refractivity contribution >= 4 is 17.2 Å². The minimum atomic E-state index is -0.510. The van der Waals surface area contributed by atoms with Gasteiger partial charge in [0.2, 0.25) is 0 Å². The van der Waals surface area contributed by atoms with Gasteiger partial charge in [0.05, 0.1) is 6.10 Å². The number of aliphatic hydroxyl groups excluding tert-OH is 1. The number of carbonyl (C=O) groups is 1. The van der Waals surface area contributed by atoms with Crippen LogP contribution in [-0.2, 0) is 0 Å². The third kappa shape index (κ3) is 3.91. The predicted octanol–water partition coefficient (Wildman–Crippen LogP) is 2.91. The lowest BCUT2D eigenvalue weighted by atomic mass is 10.1. The van der Waals surface area contributed by atoms with E-state index in [0.29, 0.717) is 18.5 Å². The third-order valence-corrected chi connectivity index (χ3v) is 3.65. The Bertz CT molecular complexity index is 520. The first kappa shape index (κ1) is 13.8. The highest BCUT2D eigenvalue weighted by atomic mass is 32.1. The van der Waals surface area contributed by atoms with Crippen molar-refractivity contribution in [1.82, 2.24) is 5.32 Å². The summed E-state index contributed by atoms with van der Waals surface area (Å²) < 4.78 is 0. The Hall–Kier alpha value is -1.65. The molecule has 4 heteroatoms. The van der Waals surface area contributed by atoms with Gasteiger partial charge in [-0.25, -0.2) is 0 Å². The molecule has 0 aliphatic rings. The van der Waals surface area contributed by atoms with E-state index in [1.807, 2.05) is 35.9 Å². The molecule has 0 aliphatic carbocycles. The number of hydrogen-bond donors (Lipinski definition) is 2. The second kappa shape index (κ2) is 6.50. The summed E-state index contributed by atoms with van der Waals surface area (Å²) in [6.07, 6.45) is 0.0125. The van der Waals surface area contributed by atoms with Gasteiger partial charge in [-0.2, -0.15) is 11.3 Å². The SMILES string of the molecule is Cc1ccc(C(=O)NCCC(O)c2ccsc2)cc1. The van der Waals surface area contributed by atoms with E-state index < -0.39 is 6.10 Å². The molecule has 19 heavy (non-hydrogen) atoms. The molecule has 1 amide bonds. The molecule has 0 bridgehead atoms. The largest absolute Gasteiger partial charge is 0.388 e. The number of benzene rings is 1. The topological polar surface area (TPSA) is 49.3 Å². The molecule has 0 fully saturated rings. The molecule has 3 nitrogen and oxygen atoms in total. The fraction of sp³-hybridized carbons (Fsp3) is 0.267. The lowest BCUT2D eigenvalue weighted by Crippen LogP contribution is -2.25. The van der Waals surface area contributed by atoms with E-state index in [1.165, 1.54) is 0 Å². The van der Waals surface area contributed by atoms with Gasteiger partial charge in [-0.05, 0) is 47.9 Å². The van der Waals surface area contributed by atoms with Gasteiger partial charge in [-0.1, -0.05) is 17.7 Å². The van der Waals surface area contributed by atoms with E-state index in [0.717, 1.165) is 11.1 Å². The van der Waals surface area contributed by atoms with Gasteiger partial charge in [0, 0.05) is 12.1 Å². The molecule has 0 radical (unpaired) electrons. The molecule has 1 aromatic carbocycles. The minimum Gasteiger partial charge on any atom is -0.388 e. The van der Waals surface area contributed by atoms with Crippen molar-refractivity contribution in [3.05, 3.63) is 57.8 Å². The van der Waals surface area contributed by atoms with E-state index in [4.69, 9.17) is 0 Å². The summed E-state index contributed by atoms with van der Waals surface area (Å²) in [6.45, 7) is 2.45. The maximum Gasteiger partial charge on any atom is 0.251 e. The number of rotatable bonds is 5. The Morgan fingerprint density at radius 1 is 1.32 bits per heavy atom. The average Bonchev–Trinajstić information content (AvgIpc) is 2.93. The molecule has 0 saturated heterocycles. The average molecular weight is 275 g/mol. The van der Waals surface area contributed by atoms with Crippen molar-refractivity contribution in [1.29, 1.82) is 0 Å². The number of hydrogen-bond acceptors (Lipinski definition) is 3. The van der Waals surface area contributed by atoms with Gasteiger partial charge in [-0.15, -0.1) is 0 Å². The molecule has 0 spiro atoms. The van der Waals surface area contributed by atoms with Crippen LogP contribution in [0.4, 0.5) is 0 Å². The fourth-order valence-electron chi connectivity index (χ4n) is 1.76. The minimum absolute atomic E-state index is 0.0995. The summed E-state index contributed by atoms with van der Waals surface area (Å²) in [6, 6.07) is 9.33. The van der Waals surface area contributed by atoms with Gasteiger partial charge in [0.15, 0.2) is 0 Å². The van der Waals surface area contributed by atoms with Crippen molar-refractivity contribution in [3.63, 3.8) is 0 Å². The maximum absolute atomic E-state index is 11.8. The zero-order chi connectivity index (χ0) is 13.7. The molecule has 2 aromatic rings. The molecule has 1 aromatic heterocycles. The fourth-order valence-corrected chi connectivity index (χ4v) is 2.47. The van der Waals surface area contributed by atoms with Crippen LogP contribution in [0.1, 0.15) is 34.0 Å². The molecule has 1 unspecified atom stereocenters. The van der Waals surface area contributed by atoms with Crippen LogP contribution in [0.25, 0.3) is 0 Å².